The molecule has 7 nitrogen and oxygen atoms in total. The van der Waals surface area contributed by atoms with E-state index in [4.69, 9.17) is 23.2 Å². The van der Waals surface area contributed by atoms with E-state index in [-0.39, 0.29) is 18.2 Å². The van der Waals surface area contributed by atoms with E-state index < -0.39 is 0 Å². The zero-order valence-electron chi connectivity index (χ0n) is 14.7. The van der Waals surface area contributed by atoms with Gasteiger partial charge in [-0.25, -0.2) is 5.43 Å². The number of benzene rings is 1. The minimum absolute atomic E-state index is 0.00899. The SMILES string of the molecule is CCCCCC(=O)Nc1nnc(CC(=O)N/N=C\c2ccc(Cl)cc2Cl)s1. The minimum Gasteiger partial charge on any atom is -0.301 e. The molecule has 2 aromatic rings. The smallest absolute Gasteiger partial charge is 0.247 e. The molecule has 144 valence electrons. The molecule has 1 aromatic carbocycles. The topological polar surface area (TPSA) is 96.3 Å². The van der Waals surface area contributed by atoms with Crippen LogP contribution in [0.25, 0.3) is 0 Å². The maximum absolute atomic E-state index is 11.9. The van der Waals surface area contributed by atoms with Gasteiger partial charge in [-0.2, -0.15) is 5.10 Å². The molecule has 0 aliphatic heterocycles. The quantitative estimate of drug-likeness (QED) is 0.358. The molecule has 1 heterocycles. The number of unbranched alkanes of at least 4 members (excludes halogenated alkanes) is 2. The van der Waals surface area contributed by atoms with Gasteiger partial charge >= 0.3 is 0 Å². The van der Waals surface area contributed by atoms with Gasteiger partial charge in [-0.1, -0.05) is 60.4 Å². The summed E-state index contributed by atoms with van der Waals surface area (Å²) in [4.78, 5) is 23.7. The highest BCUT2D eigenvalue weighted by atomic mass is 35.5. The summed E-state index contributed by atoms with van der Waals surface area (Å²) in [6, 6.07) is 4.96. The van der Waals surface area contributed by atoms with Crippen LogP contribution in [0.4, 0.5) is 5.13 Å². The maximum atomic E-state index is 11.9. The predicted molar refractivity (Wildman–Crippen MR) is 109 cm³/mol. The summed E-state index contributed by atoms with van der Waals surface area (Å²) in [6.45, 7) is 2.08. The first-order chi connectivity index (χ1) is 13.0. The summed E-state index contributed by atoms with van der Waals surface area (Å²) in [5, 5.41) is 16.1. The number of aromatic nitrogens is 2. The van der Waals surface area contributed by atoms with E-state index in [1.165, 1.54) is 6.21 Å². The summed E-state index contributed by atoms with van der Waals surface area (Å²) in [7, 11) is 0. The number of rotatable bonds is 9. The van der Waals surface area contributed by atoms with Crippen LogP contribution in [-0.4, -0.2) is 28.2 Å². The number of amides is 2. The summed E-state index contributed by atoms with van der Waals surface area (Å²) >= 11 is 13.0. The van der Waals surface area contributed by atoms with Gasteiger partial charge in [0.1, 0.15) is 5.01 Å². The highest BCUT2D eigenvalue weighted by Gasteiger charge is 2.11. The summed E-state index contributed by atoms with van der Waals surface area (Å²) in [5.41, 5.74) is 3.03. The molecule has 2 amide bonds. The van der Waals surface area contributed by atoms with E-state index in [9.17, 15) is 9.59 Å². The highest BCUT2D eigenvalue weighted by Crippen LogP contribution is 2.19. The molecular weight excluding hydrogens is 409 g/mol. The molecule has 0 saturated heterocycles. The third kappa shape index (κ3) is 7.62. The van der Waals surface area contributed by atoms with Gasteiger partial charge in [0.15, 0.2) is 0 Å². The molecule has 0 aliphatic carbocycles. The molecule has 0 spiro atoms. The van der Waals surface area contributed by atoms with Crippen LogP contribution in [0.5, 0.6) is 0 Å². The second-order valence-electron chi connectivity index (χ2n) is 5.64. The van der Waals surface area contributed by atoms with Gasteiger partial charge in [0, 0.05) is 17.0 Å². The van der Waals surface area contributed by atoms with Crippen molar-refractivity contribution in [2.24, 2.45) is 5.10 Å². The molecule has 2 N–H and O–H groups in total. The Labute approximate surface area is 171 Å². The number of anilines is 1. The van der Waals surface area contributed by atoms with Gasteiger partial charge in [-0.15, -0.1) is 10.2 Å². The Morgan fingerprint density at radius 3 is 2.78 bits per heavy atom. The molecule has 0 fully saturated rings. The monoisotopic (exact) mass is 427 g/mol. The number of carbonyl (C=O) groups excluding carboxylic acids is 2. The van der Waals surface area contributed by atoms with Gasteiger partial charge in [-0.05, 0) is 18.6 Å². The van der Waals surface area contributed by atoms with E-state index in [1.54, 1.807) is 18.2 Å². The second kappa shape index (κ2) is 11.0. The first-order valence-corrected chi connectivity index (χ1v) is 9.94. The normalized spacial score (nSPS) is 10.9. The molecule has 0 atom stereocenters. The van der Waals surface area contributed by atoms with Crippen LogP contribution in [0.1, 0.15) is 43.2 Å². The third-order valence-electron chi connectivity index (χ3n) is 3.39. The third-order valence-corrected chi connectivity index (χ3v) is 4.79. The molecule has 0 bridgehead atoms. The first-order valence-electron chi connectivity index (χ1n) is 8.37. The molecule has 0 unspecified atom stereocenters. The summed E-state index contributed by atoms with van der Waals surface area (Å²) < 4.78 is 0. The number of nitrogens with one attached hydrogen (secondary N) is 2. The Kier molecular flexibility index (Phi) is 8.63. The van der Waals surface area contributed by atoms with Crippen molar-refractivity contribution in [2.75, 3.05) is 5.32 Å². The van der Waals surface area contributed by atoms with Crippen molar-refractivity contribution in [2.45, 2.75) is 39.0 Å². The van der Waals surface area contributed by atoms with Gasteiger partial charge in [-0.3, -0.25) is 9.59 Å². The maximum Gasteiger partial charge on any atom is 0.247 e. The summed E-state index contributed by atoms with van der Waals surface area (Å²) in [5.74, 6) is -0.451. The van der Waals surface area contributed by atoms with Crippen molar-refractivity contribution >= 4 is 57.7 Å². The van der Waals surface area contributed by atoms with Crippen LogP contribution >= 0.6 is 34.5 Å². The lowest BCUT2D eigenvalue weighted by molar-refractivity contribution is -0.120. The molecular formula is C17H19Cl2N5O2S. The number of hydrogen-bond donors (Lipinski definition) is 2. The fraction of sp³-hybridized carbons (Fsp3) is 0.353. The Morgan fingerprint density at radius 2 is 2.04 bits per heavy atom. The highest BCUT2D eigenvalue weighted by molar-refractivity contribution is 7.15. The van der Waals surface area contributed by atoms with Crippen molar-refractivity contribution in [3.63, 3.8) is 0 Å². The van der Waals surface area contributed by atoms with Gasteiger partial charge in [0.05, 0.1) is 17.7 Å². The predicted octanol–water partition coefficient (Wildman–Crippen LogP) is 4.06. The lowest BCUT2D eigenvalue weighted by Gasteiger charge is -2.00. The summed E-state index contributed by atoms with van der Waals surface area (Å²) in [6.07, 6.45) is 4.79. The molecule has 0 radical (unpaired) electrons. The van der Waals surface area contributed by atoms with Crippen molar-refractivity contribution in [3.8, 4) is 0 Å². The van der Waals surface area contributed by atoms with Crippen molar-refractivity contribution < 1.29 is 9.59 Å². The first kappa shape index (κ1) is 21.3. The molecule has 0 saturated carbocycles. The van der Waals surface area contributed by atoms with E-state index >= 15 is 0 Å². The number of halogens is 2. The zero-order valence-corrected chi connectivity index (χ0v) is 17.0. The number of carbonyl (C=O) groups is 2. The van der Waals surface area contributed by atoms with Crippen molar-refractivity contribution in [1.29, 1.82) is 0 Å². The minimum atomic E-state index is -0.353. The molecule has 1 aromatic heterocycles. The van der Waals surface area contributed by atoms with Crippen molar-refractivity contribution in [1.82, 2.24) is 15.6 Å². The molecule has 27 heavy (non-hydrogen) atoms. The van der Waals surface area contributed by atoms with Crippen LogP contribution in [0.2, 0.25) is 10.0 Å². The lowest BCUT2D eigenvalue weighted by atomic mass is 10.2. The molecule has 10 heteroatoms. The van der Waals surface area contributed by atoms with Crippen LogP contribution in [0.15, 0.2) is 23.3 Å². The van der Waals surface area contributed by atoms with E-state index in [2.05, 4.69) is 33.0 Å². The molecule has 2 rings (SSSR count). The van der Waals surface area contributed by atoms with Gasteiger partial charge in [0.2, 0.25) is 16.9 Å². The second-order valence-corrected chi connectivity index (χ2v) is 7.55. The van der Waals surface area contributed by atoms with Gasteiger partial charge < -0.3 is 5.32 Å². The Bertz CT molecular complexity index is 825. The standard InChI is InChI=1S/C17H19Cl2N5O2S/c1-2-3-4-5-14(25)21-17-24-23-16(27-17)9-15(26)22-20-10-11-6-7-12(18)8-13(11)19/h6-8,10H,2-5,9H2,1H3,(H,22,26)(H,21,24,25)/b20-10-. The largest absolute Gasteiger partial charge is 0.301 e. The zero-order chi connectivity index (χ0) is 19.6. The Hall–Kier alpha value is -2.03. The van der Waals surface area contributed by atoms with E-state index in [0.717, 1.165) is 30.6 Å². The van der Waals surface area contributed by atoms with Crippen molar-refractivity contribution in [3.05, 3.63) is 38.8 Å². The van der Waals surface area contributed by atoms with Crippen LogP contribution < -0.4 is 10.7 Å². The Morgan fingerprint density at radius 1 is 1.22 bits per heavy atom. The molecule has 0 aliphatic rings. The van der Waals surface area contributed by atoms with Crippen LogP contribution in [0.3, 0.4) is 0 Å². The lowest BCUT2D eigenvalue weighted by Crippen LogP contribution is -2.19. The fourth-order valence-electron chi connectivity index (χ4n) is 2.05. The average Bonchev–Trinajstić information content (AvgIpc) is 3.03. The van der Waals surface area contributed by atoms with Crippen LogP contribution in [0, 0.1) is 0 Å². The number of hydrazone groups is 1. The number of hydrogen-bond acceptors (Lipinski definition) is 6. The number of nitrogens with zero attached hydrogens (tertiary/aromatic N) is 3. The van der Waals surface area contributed by atoms with E-state index in [1.807, 2.05) is 0 Å². The van der Waals surface area contributed by atoms with E-state index in [0.29, 0.717) is 32.2 Å². The van der Waals surface area contributed by atoms with Gasteiger partial charge in [0.25, 0.3) is 0 Å². The average molecular weight is 428 g/mol. The Balaban J connectivity index is 1.79. The fourth-order valence-corrected chi connectivity index (χ4v) is 3.26. The van der Waals surface area contributed by atoms with Crippen LogP contribution in [-0.2, 0) is 16.0 Å².